The van der Waals surface area contributed by atoms with Gasteiger partial charge in [-0.3, -0.25) is 9.59 Å². The second-order valence-electron chi connectivity index (χ2n) is 12.2. The van der Waals surface area contributed by atoms with Crippen LogP contribution in [0.4, 0.5) is 0 Å². The van der Waals surface area contributed by atoms with E-state index in [0.29, 0.717) is 19.3 Å². The Hall–Kier alpha value is -2.10. The van der Waals surface area contributed by atoms with Crippen molar-refractivity contribution >= 4 is 11.9 Å². The molecule has 0 aliphatic carbocycles. The third kappa shape index (κ3) is 32.8. The van der Waals surface area contributed by atoms with Crippen LogP contribution >= 0.6 is 0 Å². The monoisotopic (exact) mass is 615 g/mol. The van der Waals surface area contributed by atoms with Crippen LogP contribution < -0.4 is 0 Å². The van der Waals surface area contributed by atoms with Gasteiger partial charge in [0.1, 0.15) is 0 Å². The average molecular weight is 615 g/mol. The molecule has 0 saturated carbocycles. The summed E-state index contributed by atoms with van der Waals surface area (Å²) in [7, 11) is 0. The number of ether oxygens (including phenoxy) is 2. The molecule has 0 aromatic heterocycles. The van der Waals surface area contributed by atoms with E-state index < -0.39 is 6.29 Å². The van der Waals surface area contributed by atoms with Crippen molar-refractivity contribution in [1.29, 1.82) is 0 Å². The van der Waals surface area contributed by atoms with Crippen molar-refractivity contribution in [3.05, 3.63) is 48.6 Å². The van der Waals surface area contributed by atoms with Crippen molar-refractivity contribution in [1.82, 2.24) is 0 Å². The van der Waals surface area contributed by atoms with Crippen LogP contribution in [0.3, 0.4) is 0 Å². The predicted octanol–water partition coefficient (Wildman–Crippen LogP) is 12.8. The molecule has 4 nitrogen and oxygen atoms in total. The lowest BCUT2D eigenvalue weighted by Crippen LogP contribution is -2.24. The third-order valence-corrected chi connectivity index (χ3v) is 7.71. The van der Waals surface area contributed by atoms with Crippen LogP contribution in [0.1, 0.15) is 188 Å². The highest BCUT2D eigenvalue weighted by molar-refractivity contribution is 5.71. The first-order chi connectivity index (χ1) is 21.6. The van der Waals surface area contributed by atoms with Gasteiger partial charge in [0.25, 0.3) is 0 Å². The summed E-state index contributed by atoms with van der Waals surface area (Å²) in [4.78, 5) is 24.6. The fourth-order valence-corrected chi connectivity index (χ4v) is 4.95. The summed E-state index contributed by atoms with van der Waals surface area (Å²) in [6.45, 7) is 6.49. The number of carbonyl (C=O) groups excluding carboxylic acids is 2. The largest absolute Gasteiger partial charge is 0.425 e. The van der Waals surface area contributed by atoms with Crippen LogP contribution in [0.2, 0.25) is 0 Å². The lowest BCUT2D eigenvalue weighted by molar-refractivity contribution is -0.189. The Morgan fingerprint density at radius 2 is 0.773 bits per heavy atom. The molecule has 0 aliphatic rings. The van der Waals surface area contributed by atoms with Crippen molar-refractivity contribution in [2.75, 3.05) is 0 Å². The van der Waals surface area contributed by atoms with Crippen molar-refractivity contribution in [2.45, 2.75) is 194 Å². The SMILES string of the molecule is CCCCC/C=C\C/C=C\CCCCCCCC(=O)OC(CCC)OC(=O)CCCCCCC/C=C\C/C=C\CCCCC. The van der Waals surface area contributed by atoms with Crippen LogP contribution in [0.15, 0.2) is 48.6 Å². The maximum Gasteiger partial charge on any atom is 0.308 e. The molecule has 4 heteroatoms. The molecule has 0 saturated heterocycles. The Morgan fingerprint density at radius 3 is 1.14 bits per heavy atom. The Labute approximate surface area is 273 Å². The van der Waals surface area contributed by atoms with Gasteiger partial charge in [-0.25, -0.2) is 0 Å². The molecular weight excluding hydrogens is 544 g/mol. The molecule has 0 heterocycles. The van der Waals surface area contributed by atoms with Gasteiger partial charge in [-0.2, -0.15) is 0 Å². The Morgan fingerprint density at radius 1 is 0.432 bits per heavy atom. The fourth-order valence-electron chi connectivity index (χ4n) is 4.95. The Bertz CT molecular complexity index is 688. The molecule has 0 aliphatic heterocycles. The predicted molar refractivity (Wildman–Crippen MR) is 190 cm³/mol. The van der Waals surface area contributed by atoms with Gasteiger partial charge in [-0.1, -0.05) is 134 Å². The van der Waals surface area contributed by atoms with Gasteiger partial charge in [0.2, 0.25) is 6.29 Å². The molecule has 0 bridgehead atoms. The number of hydrogen-bond acceptors (Lipinski definition) is 4. The van der Waals surface area contributed by atoms with Crippen LogP contribution in [0.25, 0.3) is 0 Å². The normalized spacial score (nSPS) is 12.1. The number of hydrogen-bond donors (Lipinski definition) is 0. The number of rotatable bonds is 32. The summed E-state index contributed by atoms with van der Waals surface area (Å²) in [6, 6.07) is 0. The van der Waals surface area contributed by atoms with E-state index in [9.17, 15) is 9.59 Å². The molecule has 0 aromatic rings. The summed E-state index contributed by atoms with van der Waals surface area (Å²) < 4.78 is 11.0. The van der Waals surface area contributed by atoms with E-state index in [-0.39, 0.29) is 11.9 Å². The molecule has 0 N–H and O–H groups in total. The zero-order valence-electron chi connectivity index (χ0n) is 29.2. The third-order valence-electron chi connectivity index (χ3n) is 7.71. The van der Waals surface area contributed by atoms with Crippen molar-refractivity contribution < 1.29 is 19.1 Å². The highest BCUT2D eigenvalue weighted by Crippen LogP contribution is 2.14. The molecule has 0 aromatic carbocycles. The van der Waals surface area contributed by atoms with E-state index in [1.54, 1.807) is 0 Å². The molecule has 254 valence electrons. The van der Waals surface area contributed by atoms with Gasteiger partial charge in [0.15, 0.2) is 0 Å². The molecule has 0 atom stereocenters. The minimum atomic E-state index is -0.740. The molecule has 0 radical (unpaired) electrons. The minimum Gasteiger partial charge on any atom is -0.425 e. The topological polar surface area (TPSA) is 52.6 Å². The van der Waals surface area contributed by atoms with Gasteiger partial charge in [0.05, 0.1) is 0 Å². The molecule has 0 rings (SSSR count). The van der Waals surface area contributed by atoms with Crippen molar-refractivity contribution in [3.63, 3.8) is 0 Å². The fraction of sp³-hybridized carbons (Fsp3) is 0.750. The van der Waals surface area contributed by atoms with Gasteiger partial charge in [-0.15, -0.1) is 0 Å². The van der Waals surface area contributed by atoms with Gasteiger partial charge in [-0.05, 0) is 83.5 Å². The molecule has 0 fully saturated rings. The van der Waals surface area contributed by atoms with Crippen LogP contribution in [0.5, 0.6) is 0 Å². The summed E-state index contributed by atoms with van der Waals surface area (Å²) in [5, 5.41) is 0. The highest BCUT2D eigenvalue weighted by Gasteiger charge is 2.18. The van der Waals surface area contributed by atoms with E-state index in [1.807, 2.05) is 6.92 Å². The number of allylic oxidation sites excluding steroid dienone is 8. The maximum absolute atomic E-state index is 12.3. The molecule has 44 heavy (non-hydrogen) atoms. The quantitative estimate of drug-likeness (QED) is 0.0327. The number of carbonyl (C=O) groups is 2. The zero-order valence-corrected chi connectivity index (χ0v) is 29.2. The van der Waals surface area contributed by atoms with Crippen LogP contribution in [-0.2, 0) is 19.1 Å². The van der Waals surface area contributed by atoms with E-state index in [1.165, 1.54) is 77.0 Å². The summed E-state index contributed by atoms with van der Waals surface area (Å²) >= 11 is 0. The minimum absolute atomic E-state index is 0.251. The molecule has 0 spiro atoms. The molecule has 0 unspecified atom stereocenters. The first-order valence-electron chi connectivity index (χ1n) is 18.6. The highest BCUT2D eigenvalue weighted by atomic mass is 16.7. The molecular formula is C40H70O4. The Kier molecular flexibility index (Phi) is 33.7. The van der Waals surface area contributed by atoms with Gasteiger partial charge >= 0.3 is 11.9 Å². The summed E-state index contributed by atoms with van der Waals surface area (Å²) in [5.41, 5.74) is 0. The average Bonchev–Trinajstić information content (AvgIpc) is 3.01. The smallest absolute Gasteiger partial charge is 0.308 e. The lowest BCUT2D eigenvalue weighted by atomic mass is 10.1. The van der Waals surface area contributed by atoms with Crippen LogP contribution in [0, 0.1) is 0 Å². The van der Waals surface area contributed by atoms with E-state index in [0.717, 1.165) is 70.6 Å². The van der Waals surface area contributed by atoms with E-state index in [2.05, 4.69) is 62.5 Å². The maximum atomic E-state index is 12.3. The standard InChI is InChI=1S/C40H70O4/c1-4-7-9-11-13-15-17-19-21-23-25-27-29-31-33-36-38(41)43-40(35-6-3)44-39(42)37-34-32-30-28-26-24-22-20-18-16-14-12-10-8-5-2/h13-16,19-22,40H,4-12,17-18,23-37H2,1-3H3/b15-13-,16-14-,21-19-,22-20-. The Balaban J connectivity index is 3.76. The van der Waals surface area contributed by atoms with Crippen molar-refractivity contribution in [3.8, 4) is 0 Å². The van der Waals surface area contributed by atoms with E-state index >= 15 is 0 Å². The zero-order chi connectivity index (χ0) is 32.2. The van der Waals surface area contributed by atoms with Crippen LogP contribution in [-0.4, -0.2) is 18.2 Å². The summed E-state index contributed by atoms with van der Waals surface area (Å²) in [5.74, 6) is -0.502. The van der Waals surface area contributed by atoms with Crippen molar-refractivity contribution in [2.24, 2.45) is 0 Å². The molecule has 0 amide bonds. The lowest BCUT2D eigenvalue weighted by Gasteiger charge is -2.18. The first-order valence-corrected chi connectivity index (χ1v) is 18.6. The summed E-state index contributed by atoms with van der Waals surface area (Å²) in [6.07, 6.45) is 45.0. The number of unbranched alkanes of at least 4 members (excludes halogenated alkanes) is 16. The van der Waals surface area contributed by atoms with Gasteiger partial charge < -0.3 is 9.47 Å². The van der Waals surface area contributed by atoms with E-state index in [4.69, 9.17) is 9.47 Å². The number of esters is 2. The second-order valence-corrected chi connectivity index (χ2v) is 12.2. The van der Waals surface area contributed by atoms with Gasteiger partial charge in [0, 0.05) is 19.3 Å². The second kappa shape index (κ2) is 35.4. The first kappa shape index (κ1) is 41.9.